The lowest BCUT2D eigenvalue weighted by atomic mass is 9.73. The Morgan fingerprint density at radius 3 is 2.66 bits per heavy atom. The molecule has 4 heteroatoms. The van der Waals surface area contributed by atoms with E-state index in [0.29, 0.717) is 19.6 Å². The molecule has 1 fully saturated rings. The van der Waals surface area contributed by atoms with Gasteiger partial charge in [0.25, 0.3) is 0 Å². The molecule has 0 aromatic heterocycles. The lowest BCUT2D eigenvalue weighted by molar-refractivity contribution is -0.130. The maximum atomic E-state index is 12.7. The Labute approximate surface area is 173 Å². The second-order valence-corrected chi connectivity index (χ2v) is 8.36. The lowest BCUT2D eigenvalue weighted by Crippen LogP contribution is -2.52. The number of likely N-dealkylation sites (tertiary alicyclic amines) is 1. The molecule has 0 aliphatic carbocycles. The summed E-state index contributed by atoms with van der Waals surface area (Å²) in [5.41, 5.74) is 10.4. The molecule has 2 aromatic rings. The normalized spacial score (nSPS) is 22.8. The van der Waals surface area contributed by atoms with Gasteiger partial charge >= 0.3 is 0 Å². The number of hydrogen-bond acceptors (Lipinski definition) is 3. The first kappa shape index (κ1) is 19.9. The number of amides is 1. The Hall–Kier alpha value is -2.43. The van der Waals surface area contributed by atoms with E-state index >= 15 is 0 Å². The lowest BCUT2D eigenvalue weighted by Gasteiger charge is -2.41. The van der Waals surface area contributed by atoms with Crippen molar-refractivity contribution >= 4 is 5.91 Å². The molecule has 152 valence electrons. The van der Waals surface area contributed by atoms with Crippen molar-refractivity contribution in [2.24, 2.45) is 11.1 Å². The number of ether oxygens (including phenoxy) is 1. The second kappa shape index (κ2) is 8.93. The van der Waals surface area contributed by atoms with Crippen LogP contribution in [0.2, 0.25) is 0 Å². The van der Waals surface area contributed by atoms with Crippen LogP contribution in [0, 0.1) is 5.41 Å². The van der Waals surface area contributed by atoms with E-state index in [1.165, 1.54) is 22.3 Å². The van der Waals surface area contributed by atoms with Crippen LogP contribution in [0.25, 0.3) is 11.1 Å². The zero-order chi connectivity index (χ0) is 20.1. The third-order valence-corrected chi connectivity index (χ3v) is 6.22. The van der Waals surface area contributed by atoms with Gasteiger partial charge in [0.05, 0.1) is 18.6 Å². The molecule has 2 aromatic carbocycles. The highest BCUT2D eigenvalue weighted by Gasteiger charge is 2.41. The SMILES string of the molecule is NC(=O)C1(Cc2ccccc2-c2ccccc2)CCCN(CC2=CCCOC2)C1. The third-order valence-electron chi connectivity index (χ3n) is 6.22. The maximum absolute atomic E-state index is 12.7. The van der Waals surface area contributed by atoms with Gasteiger partial charge in [-0.25, -0.2) is 0 Å². The van der Waals surface area contributed by atoms with Crippen molar-refractivity contribution in [2.75, 3.05) is 32.8 Å². The number of benzene rings is 2. The van der Waals surface area contributed by atoms with Gasteiger partial charge in [-0.3, -0.25) is 9.69 Å². The van der Waals surface area contributed by atoms with Crippen molar-refractivity contribution in [3.05, 3.63) is 71.8 Å². The van der Waals surface area contributed by atoms with Crippen molar-refractivity contribution in [1.82, 2.24) is 4.90 Å². The quantitative estimate of drug-likeness (QED) is 0.763. The Bertz CT molecular complexity index is 877. The standard InChI is InChI=1S/C25H30N2O2/c26-24(28)25(13-7-14-27(19-25)17-20-8-6-15-29-18-20)16-22-11-4-5-12-23(22)21-9-2-1-3-10-21/h1-5,8-12H,6-7,13-19H2,(H2,26,28). The minimum absolute atomic E-state index is 0.182. The van der Waals surface area contributed by atoms with Crippen molar-refractivity contribution in [2.45, 2.75) is 25.7 Å². The van der Waals surface area contributed by atoms with Crippen LogP contribution < -0.4 is 5.73 Å². The molecule has 4 nitrogen and oxygen atoms in total. The zero-order valence-corrected chi connectivity index (χ0v) is 17.0. The van der Waals surface area contributed by atoms with Crippen molar-refractivity contribution in [1.29, 1.82) is 0 Å². The van der Waals surface area contributed by atoms with E-state index < -0.39 is 5.41 Å². The molecule has 1 amide bonds. The van der Waals surface area contributed by atoms with E-state index in [9.17, 15) is 4.79 Å². The van der Waals surface area contributed by atoms with Crippen LogP contribution in [0.15, 0.2) is 66.2 Å². The summed E-state index contributed by atoms with van der Waals surface area (Å²) in [6.07, 6.45) is 5.78. The van der Waals surface area contributed by atoms with Crippen LogP contribution >= 0.6 is 0 Å². The van der Waals surface area contributed by atoms with E-state index in [1.807, 2.05) is 6.07 Å². The molecule has 1 saturated heterocycles. The van der Waals surface area contributed by atoms with E-state index in [4.69, 9.17) is 10.5 Å². The van der Waals surface area contributed by atoms with Crippen LogP contribution in [0.5, 0.6) is 0 Å². The highest BCUT2D eigenvalue weighted by atomic mass is 16.5. The van der Waals surface area contributed by atoms with Crippen LogP contribution in [0.4, 0.5) is 0 Å². The van der Waals surface area contributed by atoms with Crippen LogP contribution in [-0.4, -0.2) is 43.7 Å². The first-order valence-corrected chi connectivity index (χ1v) is 10.6. The first-order chi connectivity index (χ1) is 14.2. The predicted octanol–water partition coefficient (Wildman–Crippen LogP) is 3.81. The van der Waals surface area contributed by atoms with Gasteiger partial charge in [-0.05, 0) is 54.5 Å². The van der Waals surface area contributed by atoms with Gasteiger partial charge in [0.2, 0.25) is 5.91 Å². The summed E-state index contributed by atoms with van der Waals surface area (Å²) in [4.78, 5) is 15.1. The highest BCUT2D eigenvalue weighted by Crippen LogP contribution is 2.37. The molecule has 0 bridgehead atoms. The van der Waals surface area contributed by atoms with Crippen LogP contribution in [0.1, 0.15) is 24.8 Å². The average molecular weight is 391 g/mol. The molecular formula is C25H30N2O2. The fourth-order valence-electron chi connectivity index (χ4n) is 4.74. The summed E-state index contributed by atoms with van der Waals surface area (Å²) in [5, 5.41) is 0. The molecular weight excluding hydrogens is 360 g/mol. The topological polar surface area (TPSA) is 55.6 Å². The number of rotatable bonds is 6. The van der Waals surface area contributed by atoms with Crippen LogP contribution in [0.3, 0.4) is 0 Å². The number of piperidine rings is 1. The van der Waals surface area contributed by atoms with E-state index in [2.05, 4.69) is 59.5 Å². The zero-order valence-electron chi connectivity index (χ0n) is 17.0. The second-order valence-electron chi connectivity index (χ2n) is 8.36. The van der Waals surface area contributed by atoms with Gasteiger partial charge in [0.15, 0.2) is 0 Å². The maximum Gasteiger partial charge on any atom is 0.225 e. The molecule has 2 heterocycles. The fraction of sp³-hybridized carbons (Fsp3) is 0.400. The van der Waals surface area contributed by atoms with Crippen LogP contribution in [-0.2, 0) is 16.0 Å². The van der Waals surface area contributed by atoms with Crippen molar-refractivity contribution < 1.29 is 9.53 Å². The molecule has 29 heavy (non-hydrogen) atoms. The Morgan fingerprint density at radius 2 is 1.90 bits per heavy atom. The van der Waals surface area contributed by atoms with Gasteiger partial charge in [-0.15, -0.1) is 0 Å². The Morgan fingerprint density at radius 1 is 1.10 bits per heavy atom. The summed E-state index contributed by atoms with van der Waals surface area (Å²) in [7, 11) is 0. The summed E-state index contributed by atoms with van der Waals surface area (Å²) in [5.74, 6) is -0.182. The first-order valence-electron chi connectivity index (χ1n) is 10.6. The average Bonchev–Trinajstić information content (AvgIpc) is 2.76. The van der Waals surface area contributed by atoms with Crippen molar-refractivity contribution in [3.63, 3.8) is 0 Å². The summed E-state index contributed by atoms with van der Waals surface area (Å²) in [6.45, 7) is 4.10. The van der Waals surface area contributed by atoms with E-state index in [1.54, 1.807) is 0 Å². The number of carbonyl (C=O) groups excluding carboxylic acids is 1. The minimum atomic E-state index is -0.529. The summed E-state index contributed by atoms with van der Waals surface area (Å²) in [6, 6.07) is 18.8. The fourth-order valence-corrected chi connectivity index (χ4v) is 4.74. The van der Waals surface area contributed by atoms with Crippen molar-refractivity contribution in [3.8, 4) is 11.1 Å². The smallest absolute Gasteiger partial charge is 0.225 e. The molecule has 0 spiro atoms. The van der Waals surface area contributed by atoms with Gasteiger partial charge < -0.3 is 10.5 Å². The number of primary amides is 1. The molecule has 2 aliphatic rings. The molecule has 1 unspecified atom stereocenters. The number of carbonyl (C=O) groups is 1. The molecule has 4 rings (SSSR count). The highest BCUT2D eigenvalue weighted by molar-refractivity contribution is 5.82. The molecule has 1 atom stereocenters. The van der Waals surface area contributed by atoms with Gasteiger partial charge in [-0.2, -0.15) is 0 Å². The summed E-state index contributed by atoms with van der Waals surface area (Å²) >= 11 is 0. The Kier molecular flexibility index (Phi) is 6.12. The number of nitrogens with zero attached hydrogens (tertiary/aromatic N) is 1. The van der Waals surface area contributed by atoms with Gasteiger partial charge in [-0.1, -0.05) is 60.7 Å². The molecule has 0 saturated carbocycles. The molecule has 2 N–H and O–H groups in total. The van der Waals surface area contributed by atoms with E-state index in [-0.39, 0.29) is 5.91 Å². The van der Waals surface area contributed by atoms with Gasteiger partial charge in [0, 0.05) is 13.1 Å². The molecule has 2 aliphatic heterocycles. The third kappa shape index (κ3) is 4.60. The molecule has 0 radical (unpaired) electrons. The minimum Gasteiger partial charge on any atom is -0.377 e. The van der Waals surface area contributed by atoms with Gasteiger partial charge in [0.1, 0.15) is 0 Å². The largest absolute Gasteiger partial charge is 0.377 e. The predicted molar refractivity (Wildman–Crippen MR) is 116 cm³/mol. The Balaban J connectivity index is 1.58. The van der Waals surface area contributed by atoms with E-state index in [0.717, 1.165) is 39.0 Å². The summed E-state index contributed by atoms with van der Waals surface area (Å²) < 4.78 is 5.60. The number of nitrogens with two attached hydrogens (primary N) is 1. The monoisotopic (exact) mass is 390 g/mol. The number of hydrogen-bond donors (Lipinski definition) is 1.